The molecule has 0 aliphatic heterocycles. The summed E-state index contributed by atoms with van der Waals surface area (Å²) >= 11 is 0. The largest absolute Gasteiger partial charge is 0.478 e. The maximum absolute atomic E-state index is 11.4. The third-order valence-electron chi connectivity index (χ3n) is 5.46. The van der Waals surface area contributed by atoms with E-state index in [2.05, 4.69) is 23.7 Å². The number of fused-ring (bicyclic) bond motifs is 1. The van der Waals surface area contributed by atoms with Gasteiger partial charge in [0.05, 0.1) is 22.3 Å². The van der Waals surface area contributed by atoms with E-state index in [1.54, 1.807) is 24.3 Å². The zero-order valence-corrected chi connectivity index (χ0v) is 19.4. The fraction of sp³-hybridized carbons (Fsp3) is 0. The molecule has 0 saturated heterocycles. The second-order valence-corrected chi connectivity index (χ2v) is 8.02. The highest BCUT2D eigenvalue weighted by Gasteiger charge is 2.12. The van der Waals surface area contributed by atoms with Crippen molar-refractivity contribution in [3.8, 4) is 23.7 Å². The Hall–Kier alpha value is -5.86. The summed E-state index contributed by atoms with van der Waals surface area (Å²) in [6.07, 6.45) is 0. The van der Waals surface area contributed by atoms with Crippen molar-refractivity contribution in [2.24, 2.45) is 0 Å². The molecule has 184 valence electrons. The van der Waals surface area contributed by atoms with Crippen LogP contribution in [0.5, 0.6) is 0 Å². The molecule has 0 bridgehead atoms. The van der Waals surface area contributed by atoms with Gasteiger partial charge in [0, 0.05) is 22.3 Å². The fourth-order valence-corrected chi connectivity index (χ4v) is 3.70. The average molecular weight is 504 g/mol. The van der Waals surface area contributed by atoms with Gasteiger partial charge < -0.3 is 20.4 Å². The van der Waals surface area contributed by atoms with E-state index in [1.807, 2.05) is 12.1 Å². The molecule has 0 aromatic heterocycles. The van der Waals surface area contributed by atoms with Gasteiger partial charge in [0.15, 0.2) is 0 Å². The Labute approximate surface area is 215 Å². The minimum Gasteiger partial charge on any atom is -0.478 e. The Morgan fingerprint density at radius 3 is 1.05 bits per heavy atom. The Balaban J connectivity index is 1.77. The molecule has 0 heterocycles. The smallest absolute Gasteiger partial charge is 0.335 e. The van der Waals surface area contributed by atoms with E-state index in [1.165, 1.54) is 24.3 Å². The van der Waals surface area contributed by atoms with Gasteiger partial charge in [-0.3, -0.25) is 0 Å². The monoisotopic (exact) mass is 504 g/mol. The topological polar surface area (TPSA) is 149 Å². The standard InChI is InChI=1S/C30H16O8/c31-27(32)21-11-17(12-22(15-21)28(33)34)7-9-19-3-1-5-25-20(4-2-6-26(19)25)10-8-18-13-23(29(35)36)16-24(14-18)30(37)38/h1-6,11-16H,(H,31,32)(H,33,34)(H,35,36)(H,37,38). The molecule has 0 fully saturated rings. The first-order chi connectivity index (χ1) is 18.1. The van der Waals surface area contributed by atoms with E-state index < -0.39 is 23.9 Å². The van der Waals surface area contributed by atoms with Crippen LogP contribution in [0.25, 0.3) is 10.8 Å². The second kappa shape index (κ2) is 10.4. The Morgan fingerprint density at radius 2 is 0.763 bits per heavy atom. The summed E-state index contributed by atoms with van der Waals surface area (Å²) in [7, 11) is 0. The van der Waals surface area contributed by atoms with E-state index in [-0.39, 0.29) is 33.4 Å². The Bertz CT molecular complexity index is 1590. The summed E-state index contributed by atoms with van der Waals surface area (Å²) in [5.41, 5.74) is 0.857. The zero-order valence-electron chi connectivity index (χ0n) is 19.4. The van der Waals surface area contributed by atoms with Crippen LogP contribution in [-0.2, 0) is 0 Å². The van der Waals surface area contributed by atoms with Gasteiger partial charge in [0.25, 0.3) is 0 Å². The number of carboxylic acids is 4. The minimum atomic E-state index is -1.27. The van der Waals surface area contributed by atoms with Crippen LogP contribution in [0.4, 0.5) is 0 Å². The zero-order chi connectivity index (χ0) is 27.4. The van der Waals surface area contributed by atoms with Gasteiger partial charge in [-0.05, 0) is 59.3 Å². The van der Waals surface area contributed by atoms with E-state index in [0.29, 0.717) is 11.1 Å². The lowest BCUT2D eigenvalue weighted by Crippen LogP contribution is -2.03. The van der Waals surface area contributed by atoms with Crippen molar-refractivity contribution in [2.75, 3.05) is 0 Å². The van der Waals surface area contributed by atoms with Crippen molar-refractivity contribution in [2.45, 2.75) is 0 Å². The SMILES string of the molecule is O=C(O)c1cc(C#Cc2cccc3c(C#Cc4cc(C(=O)O)cc(C(=O)O)c4)cccc23)cc(C(=O)O)c1. The lowest BCUT2D eigenvalue weighted by atomic mass is 9.99. The lowest BCUT2D eigenvalue weighted by molar-refractivity contribution is 0.0676. The average Bonchev–Trinajstić information content (AvgIpc) is 2.90. The van der Waals surface area contributed by atoms with Crippen LogP contribution >= 0.6 is 0 Å². The molecule has 4 N–H and O–H groups in total. The summed E-state index contributed by atoms with van der Waals surface area (Å²) in [5.74, 6) is 6.51. The number of rotatable bonds is 4. The molecule has 0 saturated carbocycles. The molecule has 0 radical (unpaired) electrons. The first kappa shape index (κ1) is 25.2. The third kappa shape index (κ3) is 5.51. The van der Waals surface area contributed by atoms with Crippen LogP contribution in [0.1, 0.15) is 63.7 Å². The summed E-state index contributed by atoms with van der Waals surface area (Å²) in [6.45, 7) is 0. The van der Waals surface area contributed by atoms with Gasteiger partial charge in [0.1, 0.15) is 0 Å². The molecule has 0 unspecified atom stereocenters. The molecule has 0 atom stereocenters. The maximum atomic E-state index is 11.4. The first-order valence-electron chi connectivity index (χ1n) is 10.9. The van der Waals surface area contributed by atoms with Crippen LogP contribution < -0.4 is 0 Å². The number of hydrogen-bond acceptors (Lipinski definition) is 4. The Kier molecular flexibility index (Phi) is 6.91. The van der Waals surface area contributed by atoms with Crippen molar-refractivity contribution >= 4 is 34.6 Å². The molecule has 0 amide bonds. The van der Waals surface area contributed by atoms with Gasteiger partial charge in [-0.15, -0.1) is 0 Å². The van der Waals surface area contributed by atoms with E-state index >= 15 is 0 Å². The van der Waals surface area contributed by atoms with Crippen LogP contribution in [0.15, 0.2) is 72.8 Å². The highest BCUT2D eigenvalue weighted by Crippen LogP contribution is 2.22. The summed E-state index contributed by atoms with van der Waals surface area (Å²) in [4.78, 5) is 45.5. The molecular formula is C30H16O8. The number of carbonyl (C=O) groups is 4. The van der Waals surface area contributed by atoms with E-state index in [4.69, 9.17) is 0 Å². The predicted octanol–water partition coefficient (Wildman–Crippen LogP) is 4.43. The number of hydrogen-bond donors (Lipinski definition) is 4. The summed E-state index contributed by atoms with van der Waals surface area (Å²) < 4.78 is 0. The molecule has 0 aliphatic rings. The van der Waals surface area contributed by atoms with Crippen molar-refractivity contribution in [3.63, 3.8) is 0 Å². The van der Waals surface area contributed by atoms with E-state index in [0.717, 1.165) is 22.9 Å². The van der Waals surface area contributed by atoms with E-state index in [9.17, 15) is 39.6 Å². The molecule has 4 rings (SSSR count). The molecule has 38 heavy (non-hydrogen) atoms. The predicted molar refractivity (Wildman–Crippen MR) is 137 cm³/mol. The van der Waals surface area contributed by atoms with Crippen LogP contribution in [0.3, 0.4) is 0 Å². The molecular weight excluding hydrogens is 488 g/mol. The highest BCUT2D eigenvalue weighted by atomic mass is 16.4. The van der Waals surface area contributed by atoms with Crippen molar-refractivity contribution in [1.82, 2.24) is 0 Å². The molecule has 8 heteroatoms. The summed E-state index contributed by atoms with van der Waals surface area (Å²) in [6, 6.07) is 17.9. The maximum Gasteiger partial charge on any atom is 0.335 e. The van der Waals surface area contributed by atoms with Gasteiger partial charge in [0.2, 0.25) is 0 Å². The molecule has 4 aromatic rings. The van der Waals surface area contributed by atoms with Crippen molar-refractivity contribution < 1.29 is 39.6 Å². The third-order valence-corrected chi connectivity index (χ3v) is 5.46. The van der Waals surface area contributed by atoms with Gasteiger partial charge in [-0.1, -0.05) is 47.9 Å². The minimum absolute atomic E-state index is 0.192. The van der Waals surface area contributed by atoms with Crippen LogP contribution in [0.2, 0.25) is 0 Å². The first-order valence-corrected chi connectivity index (χ1v) is 10.9. The number of carboxylic acid groups (broad SMARTS) is 4. The molecule has 0 spiro atoms. The quantitative estimate of drug-likeness (QED) is 0.298. The van der Waals surface area contributed by atoms with Gasteiger partial charge in [-0.2, -0.15) is 0 Å². The van der Waals surface area contributed by atoms with Gasteiger partial charge in [-0.25, -0.2) is 19.2 Å². The molecule has 4 aromatic carbocycles. The molecule has 0 aliphatic carbocycles. The van der Waals surface area contributed by atoms with Gasteiger partial charge >= 0.3 is 23.9 Å². The highest BCUT2D eigenvalue weighted by molar-refractivity contribution is 5.96. The van der Waals surface area contributed by atoms with Crippen molar-refractivity contribution in [1.29, 1.82) is 0 Å². The Morgan fingerprint density at radius 1 is 0.447 bits per heavy atom. The normalized spacial score (nSPS) is 10.0. The van der Waals surface area contributed by atoms with Crippen molar-refractivity contribution in [3.05, 3.63) is 117 Å². The lowest BCUT2D eigenvalue weighted by Gasteiger charge is -2.04. The number of aromatic carboxylic acids is 4. The number of benzene rings is 4. The fourth-order valence-electron chi connectivity index (χ4n) is 3.70. The summed E-state index contributed by atoms with van der Waals surface area (Å²) in [5, 5.41) is 38.6. The van der Waals surface area contributed by atoms with Crippen LogP contribution in [-0.4, -0.2) is 44.3 Å². The second-order valence-electron chi connectivity index (χ2n) is 8.02. The molecule has 8 nitrogen and oxygen atoms in total. The van der Waals surface area contributed by atoms with Crippen LogP contribution in [0, 0.1) is 23.7 Å².